The third-order valence-corrected chi connectivity index (χ3v) is 4.89. The molecule has 3 amide bonds. The number of ether oxygens (including phenoxy) is 1. The molecule has 0 aliphatic heterocycles. The second-order valence-electron chi connectivity index (χ2n) is 7.64. The highest BCUT2D eigenvalue weighted by atomic mass is 16.5. The van der Waals surface area contributed by atoms with Crippen molar-refractivity contribution in [1.82, 2.24) is 20.4 Å². The minimum Gasteiger partial charge on any atom is -0.450 e. The Morgan fingerprint density at radius 3 is 2.46 bits per heavy atom. The fourth-order valence-electron chi connectivity index (χ4n) is 3.18. The van der Waals surface area contributed by atoms with Crippen LogP contribution in [0.25, 0.3) is 11.3 Å². The van der Waals surface area contributed by atoms with Crippen molar-refractivity contribution in [2.45, 2.75) is 26.9 Å². The second kappa shape index (κ2) is 12.1. The van der Waals surface area contributed by atoms with Crippen LogP contribution in [0.3, 0.4) is 0 Å². The number of hydrogen-bond acceptors (Lipinski definition) is 6. The van der Waals surface area contributed by atoms with Gasteiger partial charge < -0.3 is 15.4 Å². The number of nitrogens with one attached hydrogen (secondary N) is 3. The molecular formula is C25H27N5O5. The van der Waals surface area contributed by atoms with E-state index in [0.717, 1.165) is 16.7 Å². The molecule has 10 heteroatoms. The van der Waals surface area contributed by atoms with Crippen molar-refractivity contribution in [3.63, 3.8) is 0 Å². The molecule has 0 atom stereocenters. The largest absolute Gasteiger partial charge is 0.450 e. The van der Waals surface area contributed by atoms with E-state index in [4.69, 9.17) is 4.74 Å². The van der Waals surface area contributed by atoms with Gasteiger partial charge in [-0.25, -0.2) is 9.48 Å². The van der Waals surface area contributed by atoms with Gasteiger partial charge in [-0.3, -0.25) is 19.7 Å². The summed E-state index contributed by atoms with van der Waals surface area (Å²) in [5, 5.41) is 12.3. The quantitative estimate of drug-likeness (QED) is 0.433. The predicted octanol–water partition coefficient (Wildman–Crippen LogP) is 2.28. The Morgan fingerprint density at radius 2 is 1.74 bits per heavy atom. The molecule has 0 radical (unpaired) electrons. The topological polar surface area (TPSA) is 131 Å². The van der Waals surface area contributed by atoms with Crippen LogP contribution in [0.5, 0.6) is 0 Å². The first-order chi connectivity index (χ1) is 16.8. The molecule has 3 N–H and O–H groups in total. The Bertz CT molecular complexity index is 1250. The molecule has 0 spiro atoms. The lowest BCUT2D eigenvalue weighted by atomic mass is 10.1. The van der Waals surface area contributed by atoms with Gasteiger partial charge in [-0.15, -0.1) is 0 Å². The summed E-state index contributed by atoms with van der Waals surface area (Å²) in [6.07, 6.45) is -0.544. The molecule has 3 rings (SSSR count). The average Bonchev–Trinajstić information content (AvgIpc) is 2.83. The number of amides is 3. The number of nitrogens with zero attached hydrogens (tertiary/aromatic N) is 2. The van der Waals surface area contributed by atoms with Gasteiger partial charge in [-0.2, -0.15) is 5.10 Å². The number of hydrogen-bond donors (Lipinski definition) is 3. The average molecular weight is 478 g/mol. The number of benzene rings is 2. The maximum Gasteiger partial charge on any atom is 0.411 e. The van der Waals surface area contributed by atoms with E-state index in [-0.39, 0.29) is 37.1 Å². The Morgan fingerprint density at radius 1 is 0.971 bits per heavy atom. The lowest BCUT2D eigenvalue weighted by Gasteiger charge is -2.10. The molecular weight excluding hydrogens is 450 g/mol. The molecule has 2 aromatic carbocycles. The van der Waals surface area contributed by atoms with Gasteiger partial charge in [0.15, 0.2) is 0 Å². The van der Waals surface area contributed by atoms with Crippen LogP contribution in [0, 0.1) is 0 Å². The van der Waals surface area contributed by atoms with E-state index in [0.29, 0.717) is 17.9 Å². The standard InChI is InChI=1S/C25H27N5O5/c1-3-35-25(34)28-21-6-4-5-19(13-21)16-30-24(33)12-11-22(29-30)20-9-7-18(8-10-20)14-27-23(32)15-26-17(2)31/h4-13H,3,14-16H2,1-2H3,(H,26,31)(H,27,32)(H,28,34). The van der Waals surface area contributed by atoms with Gasteiger partial charge in [0.05, 0.1) is 25.4 Å². The van der Waals surface area contributed by atoms with Crippen LogP contribution in [0.4, 0.5) is 10.5 Å². The smallest absolute Gasteiger partial charge is 0.411 e. The van der Waals surface area contributed by atoms with Gasteiger partial charge in [0.25, 0.3) is 5.56 Å². The van der Waals surface area contributed by atoms with E-state index in [1.807, 2.05) is 30.3 Å². The molecule has 0 saturated carbocycles. The van der Waals surface area contributed by atoms with Crippen LogP contribution in [0.1, 0.15) is 25.0 Å². The second-order valence-corrected chi connectivity index (χ2v) is 7.64. The maximum absolute atomic E-state index is 12.4. The van der Waals surface area contributed by atoms with Crippen molar-refractivity contribution in [2.75, 3.05) is 18.5 Å². The zero-order valence-corrected chi connectivity index (χ0v) is 19.5. The molecule has 0 aliphatic carbocycles. The summed E-state index contributed by atoms with van der Waals surface area (Å²) < 4.78 is 6.25. The Hall–Kier alpha value is -4.47. The first kappa shape index (κ1) is 25.2. The monoisotopic (exact) mass is 477 g/mol. The normalized spacial score (nSPS) is 10.3. The first-order valence-electron chi connectivity index (χ1n) is 11.1. The van der Waals surface area contributed by atoms with Gasteiger partial charge >= 0.3 is 6.09 Å². The van der Waals surface area contributed by atoms with E-state index < -0.39 is 6.09 Å². The number of rotatable bonds is 9. The predicted molar refractivity (Wildman–Crippen MR) is 131 cm³/mol. The zero-order valence-electron chi connectivity index (χ0n) is 19.5. The van der Waals surface area contributed by atoms with Gasteiger partial charge in [-0.1, -0.05) is 36.4 Å². The fraction of sp³-hybridized carbons (Fsp3) is 0.240. The van der Waals surface area contributed by atoms with E-state index in [1.54, 1.807) is 31.2 Å². The van der Waals surface area contributed by atoms with Crippen molar-refractivity contribution in [3.05, 3.63) is 82.1 Å². The Labute approximate surface area is 202 Å². The third kappa shape index (κ3) is 7.81. The lowest BCUT2D eigenvalue weighted by Crippen LogP contribution is -2.35. The van der Waals surface area contributed by atoms with E-state index in [9.17, 15) is 19.2 Å². The summed E-state index contributed by atoms with van der Waals surface area (Å²) in [4.78, 5) is 46.7. The van der Waals surface area contributed by atoms with E-state index >= 15 is 0 Å². The zero-order chi connectivity index (χ0) is 25.2. The number of carbonyl (C=O) groups excluding carboxylic acids is 3. The van der Waals surface area contributed by atoms with Crippen molar-refractivity contribution in [1.29, 1.82) is 0 Å². The summed E-state index contributed by atoms with van der Waals surface area (Å²) in [6, 6.07) is 17.6. The molecule has 35 heavy (non-hydrogen) atoms. The highest BCUT2D eigenvalue weighted by molar-refractivity contribution is 5.84. The molecule has 0 bridgehead atoms. The van der Waals surface area contributed by atoms with Gasteiger partial charge in [0, 0.05) is 30.8 Å². The first-order valence-corrected chi connectivity index (χ1v) is 11.1. The lowest BCUT2D eigenvalue weighted by molar-refractivity contribution is -0.125. The van der Waals surface area contributed by atoms with Crippen LogP contribution in [0.2, 0.25) is 0 Å². The highest BCUT2D eigenvalue weighted by Crippen LogP contribution is 2.17. The molecule has 1 heterocycles. The Kier molecular flexibility index (Phi) is 8.71. The summed E-state index contributed by atoms with van der Waals surface area (Å²) in [5.74, 6) is -0.543. The maximum atomic E-state index is 12.4. The van der Waals surface area contributed by atoms with E-state index in [2.05, 4.69) is 21.0 Å². The number of aromatic nitrogens is 2. The summed E-state index contributed by atoms with van der Waals surface area (Å²) >= 11 is 0. The van der Waals surface area contributed by atoms with Crippen molar-refractivity contribution < 1.29 is 19.1 Å². The van der Waals surface area contributed by atoms with Crippen LogP contribution in [-0.2, 0) is 27.4 Å². The fourth-order valence-corrected chi connectivity index (χ4v) is 3.18. The molecule has 10 nitrogen and oxygen atoms in total. The molecule has 3 aromatic rings. The molecule has 1 aromatic heterocycles. The summed E-state index contributed by atoms with van der Waals surface area (Å²) in [6.45, 7) is 3.82. The van der Waals surface area contributed by atoms with Crippen LogP contribution in [0.15, 0.2) is 65.5 Å². The van der Waals surface area contributed by atoms with Crippen LogP contribution < -0.4 is 21.5 Å². The van der Waals surface area contributed by atoms with Crippen molar-refractivity contribution in [2.24, 2.45) is 0 Å². The minimum atomic E-state index is -0.544. The van der Waals surface area contributed by atoms with Crippen molar-refractivity contribution >= 4 is 23.6 Å². The molecule has 0 fully saturated rings. The molecule has 0 aliphatic rings. The van der Waals surface area contributed by atoms with Gasteiger partial charge in [0.1, 0.15) is 0 Å². The Balaban J connectivity index is 1.67. The summed E-state index contributed by atoms with van der Waals surface area (Å²) in [7, 11) is 0. The summed E-state index contributed by atoms with van der Waals surface area (Å²) in [5.41, 5.74) is 3.40. The number of anilines is 1. The number of carbonyl (C=O) groups is 3. The minimum absolute atomic E-state index is 0.0688. The van der Waals surface area contributed by atoms with E-state index in [1.165, 1.54) is 17.7 Å². The van der Waals surface area contributed by atoms with Crippen LogP contribution in [-0.4, -0.2) is 40.8 Å². The third-order valence-electron chi connectivity index (χ3n) is 4.89. The molecule has 0 unspecified atom stereocenters. The molecule has 0 saturated heterocycles. The van der Waals surface area contributed by atoms with Gasteiger partial charge in [0.2, 0.25) is 11.8 Å². The van der Waals surface area contributed by atoms with Gasteiger partial charge in [-0.05, 0) is 36.2 Å². The SMILES string of the molecule is CCOC(=O)Nc1cccc(Cn2nc(-c3ccc(CNC(=O)CNC(C)=O)cc3)ccc2=O)c1. The van der Waals surface area contributed by atoms with Crippen LogP contribution >= 0.6 is 0 Å². The highest BCUT2D eigenvalue weighted by Gasteiger charge is 2.08. The molecule has 182 valence electrons. The van der Waals surface area contributed by atoms with Crippen molar-refractivity contribution in [3.8, 4) is 11.3 Å².